The number of hydrogen-bond donors (Lipinski definition) is 0. The SMILES string of the molecule is CC(Cl)Oc1cnc2ccccc2c1. The number of para-hydroxylation sites is 1. The van der Waals surface area contributed by atoms with Crippen LogP contribution in [0.5, 0.6) is 5.75 Å². The third kappa shape index (κ3) is 1.96. The van der Waals surface area contributed by atoms with Crippen molar-refractivity contribution in [3.8, 4) is 5.75 Å². The highest BCUT2D eigenvalue weighted by atomic mass is 35.5. The lowest BCUT2D eigenvalue weighted by atomic mass is 10.2. The number of alkyl halides is 1. The van der Waals surface area contributed by atoms with E-state index < -0.39 is 0 Å². The molecule has 2 rings (SSSR count). The lowest BCUT2D eigenvalue weighted by Gasteiger charge is -2.07. The van der Waals surface area contributed by atoms with Crippen LogP contribution < -0.4 is 4.74 Å². The van der Waals surface area contributed by atoms with E-state index in [9.17, 15) is 0 Å². The monoisotopic (exact) mass is 207 g/mol. The molecule has 1 aromatic carbocycles. The molecule has 0 bridgehead atoms. The van der Waals surface area contributed by atoms with Crippen molar-refractivity contribution in [1.29, 1.82) is 0 Å². The van der Waals surface area contributed by atoms with E-state index >= 15 is 0 Å². The van der Waals surface area contributed by atoms with Crippen LogP contribution in [0.3, 0.4) is 0 Å². The normalized spacial score (nSPS) is 12.7. The van der Waals surface area contributed by atoms with Crippen molar-refractivity contribution in [2.75, 3.05) is 0 Å². The van der Waals surface area contributed by atoms with Crippen LogP contribution in [0.2, 0.25) is 0 Å². The molecule has 14 heavy (non-hydrogen) atoms. The molecule has 1 atom stereocenters. The maximum atomic E-state index is 5.71. The first-order valence-electron chi connectivity index (χ1n) is 4.41. The predicted molar refractivity (Wildman–Crippen MR) is 57.7 cm³/mol. The van der Waals surface area contributed by atoms with Gasteiger partial charge in [0.05, 0.1) is 11.7 Å². The zero-order chi connectivity index (χ0) is 9.97. The summed E-state index contributed by atoms with van der Waals surface area (Å²) >= 11 is 5.71. The Hall–Kier alpha value is -1.28. The number of fused-ring (bicyclic) bond motifs is 1. The van der Waals surface area contributed by atoms with Crippen molar-refractivity contribution in [3.05, 3.63) is 36.5 Å². The molecule has 0 spiro atoms. The number of nitrogens with zero attached hydrogens (tertiary/aromatic N) is 1. The number of pyridine rings is 1. The maximum Gasteiger partial charge on any atom is 0.169 e. The van der Waals surface area contributed by atoms with E-state index in [1.165, 1.54) is 0 Å². The lowest BCUT2D eigenvalue weighted by Crippen LogP contribution is -2.02. The summed E-state index contributed by atoms with van der Waals surface area (Å²) in [5.41, 5.74) is 0.625. The molecule has 3 heteroatoms. The summed E-state index contributed by atoms with van der Waals surface area (Å²) < 4.78 is 5.33. The molecule has 0 aliphatic heterocycles. The van der Waals surface area contributed by atoms with Gasteiger partial charge in [-0.2, -0.15) is 0 Å². The minimum Gasteiger partial charge on any atom is -0.473 e. The van der Waals surface area contributed by atoms with Gasteiger partial charge in [0, 0.05) is 5.39 Å². The fraction of sp³-hybridized carbons (Fsp3) is 0.182. The summed E-state index contributed by atoms with van der Waals surface area (Å²) in [6.45, 7) is 1.77. The standard InChI is InChI=1S/C11H10ClNO/c1-8(12)14-10-6-9-4-2-3-5-11(9)13-7-10/h2-8H,1H3. The number of hydrogen-bond acceptors (Lipinski definition) is 2. The van der Waals surface area contributed by atoms with E-state index in [4.69, 9.17) is 16.3 Å². The van der Waals surface area contributed by atoms with Gasteiger partial charge in [0.15, 0.2) is 5.56 Å². The second kappa shape index (κ2) is 3.84. The molecule has 0 saturated carbocycles. The number of ether oxygens (including phenoxy) is 1. The first-order chi connectivity index (χ1) is 6.75. The van der Waals surface area contributed by atoms with Crippen molar-refractivity contribution in [2.24, 2.45) is 0 Å². The van der Waals surface area contributed by atoms with Gasteiger partial charge in [0.2, 0.25) is 0 Å². The first-order valence-corrected chi connectivity index (χ1v) is 4.85. The van der Waals surface area contributed by atoms with Crippen LogP contribution in [-0.4, -0.2) is 10.5 Å². The topological polar surface area (TPSA) is 22.1 Å². The second-order valence-corrected chi connectivity index (χ2v) is 3.64. The predicted octanol–water partition coefficient (Wildman–Crippen LogP) is 3.20. The fourth-order valence-electron chi connectivity index (χ4n) is 1.30. The molecule has 0 aliphatic rings. The van der Waals surface area contributed by atoms with Crippen LogP contribution >= 0.6 is 11.6 Å². The Morgan fingerprint density at radius 1 is 1.36 bits per heavy atom. The highest BCUT2D eigenvalue weighted by Crippen LogP contribution is 2.19. The molecule has 0 N–H and O–H groups in total. The second-order valence-electron chi connectivity index (χ2n) is 3.02. The smallest absolute Gasteiger partial charge is 0.169 e. The van der Waals surface area contributed by atoms with Crippen molar-refractivity contribution < 1.29 is 4.74 Å². The molecular weight excluding hydrogens is 198 g/mol. The van der Waals surface area contributed by atoms with Crippen LogP contribution in [0.15, 0.2) is 36.5 Å². The van der Waals surface area contributed by atoms with Gasteiger partial charge in [0.25, 0.3) is 0 Å². The Morgan fingerprint density at radius 2 is 2.14 bits per heavy atom. The van der Waals surface area contributed by atoms with E-state index in [2.05, 4.69) is 4.98 Å². The molecule has 0 saturated heterocycles. The Morgan fingerprint density at radius 3 is 2.93 bits per heavy atom. The van der Waals surface area contributed by atoms with E-state index in [1.807, 2.05) is 30.3 Å². The Kier molecular flexibility index (Phi) is 2.55. The fourth-order valence-corrected chi connectivity index (χ4v) is 1.41. The summed E-state index contributed by atoms with van der Waals surface area (Å²) in [5, 5.41) is 1.06. The van der Waals surface area contributed by atoms with Crippen LogP contribution in [0, 0.1) is 0 Å². The third-order valence-corrected chi connectivity index (χ3v) is 1.95. The Labute approximate surface area is 87.5 Å². The van der Waals surface area contributed by atoms with Crippen molar-refractivity contribution in [3.63, 3.8) is 0 Å². The summed E-state index contributed by atoms with van der Waals surface area (Å²) in [4.78, 5) is 4.25. The van der Waals surface area contributed by atoms with Gasteiger partial charge >= 0.3 is 0 Å². The van der Waals surface area contributed by atoms with Gasteiger partial charge in [0.1, 0.15) is 5.75 Å². The average Bonchev–Trinajstić information content (AvgIpc) is 2.17. The Bertz CT molecular complexity index is 442. The van der Waals surface area contributed by atoms with Gasteiger partial charge in [-0.05, 0) is 19.1 Å². The highest BCUT2D eigenvalue weighted by Gasteiger charge is 2.00. The van der Waals surface area contributed by atoms with E-state index in [1.54, 1.807) is 13.1 Å². The molecule has 72 valence electrons. The van der Waals surface area contributed by atoms with Crippen molar-refractivity contribution in [2.45, 2.75) is 12.5 Å². The van der Waals surface area contributed by atoms with Crippen LogP contribution in [0.4, 0.5) is 0 Å². The largest absolute Gasteiger partial charge is 0.473 e. The molecule has 0 aliphatic carbocycles. The Balaban J connectivity index is 2.41. The van der Waals surface area contributed by atoms with Gasteiger partial charge in [-0.25, -0.2) is 0 Å². The molecule has 0 amide bonds. The quantitative estimate of drug-likeness (QED) is 0.706. The summed E-state index contributed by atoms with van der Waals surface area (Å²) in [7, 11) is 0. The summed E-state index contributed by atoms with van der Waals surface area (Å²) in [6, 6.07) is 9.82. The number of aromatic nitrogens is 1. The third-order valence-electron chi connectivity index (χ3n) is 1.86. The number of rotatable bonds is 2. The molecule has 1 unspecified atom stereocenters. The molecule has 1 heterocycles. The molecule has 0 fully saturated rings. The van der Waals surface area contributed by atoms with Gasteiger partial charge < -0.3 is 4.74 Å². The minimum absolute atomic E-state index is 0.335. The van der Waals surface area contributed by atoms with Crippen molar-refractivity contribution >= 4 is 22.5 Å². The molecular formula is C11H10ClNO. The molecule has 2 aromatic rings. The van der Waals surface area contributed by atoms with Crippen LogP contribution in [0.25, 0.3) is 10.9 Å². The molecule has 1 aromatic heterocycles. The van der Waals surface area contributed by atoms with E-state index in [-0.39, 0.29) is 5.56 Å². The molecule has 0 radical (unpaired) electrons. The molecule has 2 nitrogen and oxygen atoms in total. The van der Waals surface area contributed by atoms with E-state index in [0.29, 0.717) is 5.75 Å². The zero-order valence-corrected chi connectivity index (χ0v) is 8.53. The summed E-state index contributed by atoms with van der Waals surface area (Å²) in [5.74, 6) is 0.700. The van der Waals surface area contributed by atoms with Gasteiger partial charge in [-0.1, -0.05) is 29.8 Å². The minimum atomic E-state index is -0.335. The number of halogens is 1. The van der Waals surface area contributed by atoms with Crippen LogP contribution in [-0.2, 0) is 0 Å². The highest BCUT2D eigenvalue weighted by molar-refractivity contribution is 6.19. The maximum absolute atomic E-state index is 5.71. The van der Waals surface area contributed by atoms with Gasteiger partial charge in [-0.3, -0.25) is 4.98 Å². The van der Waals surface area contributed by atoms with Crippen molar-refractivity contribution in [1.82, 2.24) is 4.98 Å². The van der Waals surface area contributed by atoms with Gasteiger partial charge in [-0.15, -0.1) is 0 Å². The van der Waals surface area contributed by atoms with Crippen LogP contribution in [0.1, 0.15) is 6.92 Å². The average molecular weight is 208 g/mol. The van der Waals surface area contributed by atoms with E-state index in [0.717, 1.165) is 10.9 Å². The summed E-state index contributed by atoms with van der Waals surface area (Å²) in [6.07, 6.45) is 1.68. The number of benzene rings is 1. The lowest BCUT2D eigenvalue weighted by molar-refractivity contribution is 0.300. The first kappa shape index (κ1) is 9.28. The zero-order valence-electron chi connectivity index (χ0n) is 7.77.